The Morgan fingerprint density at radius 2 is 1.25 bits per heavy atom. The summed E-state index contributed by atoms with van der Waals surface area (Å²) in [5, 5.41) is 9.55. The van der Waals surface area contributed by atoms with Crippen molar-refractivity contribution in [3.63, 3.8) is 0 Å². The van der Waals surface area contributed by atoms with Crippen LogP contribution >= 0.6 is 7.60 Å². The number of allylic oxidation sites excluding steroid dienone is 1. The summed E-state index contributed by atoms with van der Waals surface area (Å²) in [7, 11) is -3.73. The maximum absolute atomic E-state index is 13.6. The van der Waals surface area contributed by atoms with Gasteiger partial charge in [0, 0.05) is 11.1 Å². The van der Waals surface area contributed by atoms with Gasteiger partial charge in [-0.15, -0.1) is 0 Å². The molecule has 0 aromatic heterocycles. The predicted molar refractivity (Wildman–Crippen MR) is 134 cm³/mol. The zero-order chi connectivity index (χ0) is 25.3. The number of rotatable bonds is 8. The van der Waals surface area contributed by atoms with E-state index in [9.17, 15) is 14.5 Å². The average Bonchev–Trinajstić information content (AvgIpc) is 2.56. The van der Waals surface area contributed by atoms with Crippen LogP contribution in [0.3, 0.4) is 0 Å². The fourth-order valence-corrected chi connectivity index (χ4v) is 5.28. The van der Waals surface area contributed by atoms with Crippen molar-refractivity contribution in [3.05, 3.63) is 34.9 Å². The standard InChI is InChI=1S/C26H43O5P/c1-17(2)30-32(29,31-18(3)4)26(11,12)22(27)14-13-19-15-20(24(5,6)7)23(28)21(16-19)25(8,9)10/h13-18,28H,1-12H3/b14-13+. The highest BCUT2D eigenvalue weighted by Crippen LogP contribution is 2.61. The maximum Gasteiger partial charge on any atom is 0.344 e. The molecule has 0 aliphatic carbocycles. The first-order valence-corrected chi connectivity index (χ1v) is 12.8. The molecule has 0 saturated carbocycles. The normalized spacial score (nSPS) is 14.1. The number of carbonyl (C=O) groups excluding carboxylic acids is 1. The number of phenols is 1. The minimum Gasteiger partial charge on any atom is -0.507 e. The third kappa shape index (κ3) is 6.79. The molecule has 182 valence electrons. The number of hydrogen-bond acceptors (Lipinski definition) is 5. The van der Waals surface area contributed by atoms with Gasteiger partial charge >= 0.3 is 7.60 Å². The van der Waals surface area contributed by atoms with Crippen LogP contribution in [0.4, 0.5) is 0 Å². The summed E-state index contributed by atoms with van der Waals surface area (Å²) in [5.41, 5.74) is 1.87. The quantitative estimate of drug-likeness (QED) is 0.319. The Labute approximate surface area is 195 Å². The molecular weight excluding hydrogens is 423 g/mol. The molecule has 0 fully saturated rings. The molecule has 0 amide bonds. The van der Waals surface area contributed by atoms with E-state index in [4.69, 9.17) is 9.05 Å². The second-order valence-corrected chi connectivity index (χ2v) is 14.1. The lowest BCUT2D eigenvalue weighted by molar-refractivity contribution is -0.116. The lowest BCUT2D eigenvalue weighted by Crippen LogP contribution is -2.34. The highest BCUT2D eigenvalue weighted by atomic mass is 31.2. The third-order valence-corrected chi connectivity index (χ3v) is 8.15. The fraction of sp³-hybridized carbons (Fsp3) is 0.654. The molecule has 0 radical (unpaired) electrons. The van der Waals surface area contributed by atoms with Gasteiger partial charge in [0.1, 0.15) is 10.9 Å². The van der Waals surface area contributed by atoms with Gasteiger partial charge < -0.3 is 14.2 Å². The molecule has 0 spiro atoms. The van der Waals surface area contributed by atoms with Crippen molar-refractivity contribution in [2.24, 2.45) is 0 Å². The number of phenolic OH excluding ortho intramolecular Hbond substituents is 1. The van der Waals surface area contributed by atoms with Crippen LogP contribution in [0.25, 0.3) is 6.08 Å². The van der Waals surface area contributed by atoms with Crippen molar-refractivity contribution in [2.45, 2.75) is 111 Å². The smallest absolute Gasteiger partial charge is 0.344 e. The van der Waals surface area contributed by atoms with Gasteiger partial charge in [0.15, 0.2) is 5.78 Å². The van der Waals surface area contributed by atoms with E-state index in [1.165, 1.54) is 6.08 Å². The van der Waals surface area contributed by atoms with Crippen LogP contribution < -0.4 is 0 Å². The summed E-state index contributed by atoms with van der Waals surface area (Å²) in [5.74, 6) is -0.0567. The van der Waals surface area contributed by atoms with E-state index in [1.54, 1.807) is 47.6 Å². The van der Waals surface area contributed by atoms with Crippen molar-refractivity contribution in [1.82, 2.24) is 0 Å². The summed E-state index contributed by atoms with van der Waals surface area (Å²) < 4.78 is 24.9. The van der Waals surface area contributed by atoms with Gasteiger partial charge in [-0.3, -0.25) is 9.36 Å². The molecule has 1 aromatic rings. The SMILES string of the molecule is CC(C)OP(=O)(OC(C)C)C(C)(C)C(=O)/C=C/c1cc(C(C)(C)C)c(O)c(C(C)(C)C)c1. The molecule has 1 N–H and O–H groups in total. The van der Waals surface area contributed by atoms with E-state index < -0.39 is 12.8 Å². The Balaban J connectivity index is 3.48. The number of benzene rings is 1. The molecule has 1 rings (SSSR count). The summed E-state index contributed by atoms with van der Waals surface area (Å²) in [6.07, 6.45) is 2.45. The Morgan fingerprint density at radius 3 is 1.56 bits per heavy atom. The molecule has 0 unspecified atom stereocenters. The van der Waals surface area contributed by atoms with Crippen LogP contribution in [-0.4, -0.2) is 28.3 Å². The van der Waals surface area contributed by atoms with Crippen molar-refractivity contribution >= 4 is 19.5 Å². The largest absolute Gasteiger partial charge is 0.507 e. The van der Waals surface area contributed by atoms with E-state index in [2.05, 4.69) is 0 Å². The van der Waals surface area contributed by atoms with Gasteiger partial charge in [0.05, 0.1) is 12.2 Å². The van der Waals surface area contributed by atoms with Gasteiger partial charge in [0.2, 0.25) is 0 Å². The van der Waals surface area contributed by atoms with Crippen LogP contribution in [0.5, 0.6) is 5.75 Å². The van der Waals surface area contributed by atoms with Crippen LogP contribution in [-0.2, 0) is 29.2 Å². The summed E-state index contributed by atoms with van der Waals surface area (Å²) in [6, 6.07) is 3.80. The molecule has 1 aromatic carbocycles. The molecule has 32 heavy (non-hydrogen) atoms. The Hall–Kier alpha value is -1.42. The first-order valence-electron chi connectivity index (χ1n) is 11.3. The average molecular weight is 467 g/mol. The number of hydrogen-bond donors (Lipinski definition) is 1. The summed E-state index contributed by atoms with van der Waals surface area (Å²) in [4.78, 5) is 13.2. The minimum atomic E-state index is -3.73. The number of ketones is 1. The first kappa shape index (κ1) is 28.6. The monoisotopic (exact) mass is 466 g/mol. The predicted octanol–water partition coefficient (Wildman–Crippen LogP) is 7.39. The maximum atomic E-state index is 13.6. The molecule has 0 aliphatic rings. The van der Waals surface area contributed by atoms with Crippen molar-refractivity contribution in [1.29, 1.82) is 0 Å². The van der Waals surface area contributed by atoms with Crippen LogP contribution in [0, 0.1) is 0 Å². The first-order chi connectivity index (χ1) is 14.2. The number of carbonyl (C=O) groups is 1. The van der Waals surface area contributed by atoms with Crippen LogP contribution in [0.2, 0.25) is 0 Å². The fourth-order valence-electron chi connectivity index (χ4n) is 3.25. The topological polar surface area (TPSA) is 72.8 Å². The van der Waals surface area contributed by atoms with Gasteiger partial charge in [0.25, 0.3) is 0 Å². The number of aromatic hydroxyl groups is 1. The Kier molecular flexibility index (Phi) is 8.79. The lowest BCUT2D eigenvalue weighted by atomic mass is 9.78. The van der Waals surface area contributed by atoms with E-state index in [0.717, 1.165) is 16.7 Å². The molecule has 0 atom stereocenters. The summed E-state index contributed by atoms with van der Waals surface area (Å²) in [6.45, 7) is 22.5. The molecular formula is C26H43O5P. The van der Waals surface area contributed by atoms with E-state index in [0.29, 0.717) is 0 Å². The Morgan fingerprint density at radius 1 is 0.875 bits per heavy atom. The summed E-state index contributed by atoms with van der Waals surface area (Å²) >= 11 is 0. The molecule has 5 nitrogen and oxygen atoms in total. The van der Waals surface area contributed by atoms with Gasteiger partial charge in [-0.05, 0) is 76.1 Å². The van der Waals surface area contributed by atoms with Gasteiger partial charge in [-0.1, -0.05) is 47.6 Å². The Bertz CT molecular complexity index is 847. The van der Waals surface area contributed by atoms with Crippen LogP contribution in [0.1, 0.15) is 99.8 Å². The van der Waals surface area contributed by atoms with Crippen molar-refractivity contribution < 1.29 is 23.5 Å². The second kappa shape index (κ2) is 9.83. The molecule has 0 heterocycles. The molecule has 0 saturated heterocycles. The lowest BCUT2D eigenvalue weighted by Gasteiger charge is -2.33. The zero-order valence-electron chi connectivity index (χ0n) is 22.0. The highest BCUT2D eigenvalue weighted by Gasteiger charge is 2.49. The van der Waals surface area contributed by atoms with E-state index in [1.807, 2.05) is 53.7 Å². The second-order valence-electron chi connectivity index (χ2n) is 11.5. The van der Waals surface area contributed by atoms with E-state index >= 15 is 0 Å². The minimum absolute atomic E-state index is 0.275. The molecule has 0 aliphatic heterocycles. The molecule has 0 bridgehead atoms. The van der Waals surface area contributed by atoms with Crippen molar-refractivity contribution in [2.75, 3.05) is 0 Å². The van der Waals surface area contributed by atoms with Gasteiger partial charge in [-0.2, -0.15) is 0 Å². The van der Waals surface area contributed by atoms with Crippen LogP contribution in [0.15, 0.2) is 18.2 Å². The van der Waals surface area contributed by atoms with E-state index in [-0.39, 0.29) is 34.6 Å². The van der Waals surface area contributed by atoms with Gasteiger partial charge in [-0.25, -0.2) is 0 Å². The van der Waals surface area contributed by atoms with Crippen molar-refractivity contribution in [3.8, 4) is 5.75 Å². The zero-order valence-corrected chi connectivity index (χ0v) is 22.9. The molecule has 6 heteroatoms. The third-order valence-electron chi connectivity index (χ3n) is 5.16. The highest BCUT2D eigenvalue weighted by molar-refractivity contribution is 7.56.